The highest BCUT2D eigenvalue weighted by atomic mass is 35.5. The van der Waals surface area contributed by atoms with Gasteiger partial charge >= 0.3 is 0 Å². The first kappa shape index (κ1) is 17.7. The molecule has 1 aromatic carbocycles. The van der Waals surface area contributed by atoms with E-state index >= 15 is 0 Å². The summed E-state index contributed by atoms with van der Waals surface area (Å²) in [5, 5.41) is 5.52. The summed E-state index contributed by atoms with van der Waals surface area (Å²) in [6.45, 7) is 3.13. The van der Waals surface area contributed by atoms with Crippen LogP contribution in [0.25, 0.3) is 11.1 Å². The lowest BCUT2D eigenvalue weighted by Gasteiger charge is -2.09. The minimum atomic E-state index is -0.607. The van der Waals surface area contributed by atoms with Crippen LogP contribution in [0.1, 0.15) is 21.7 Å². The highest BCUT2D eigenvalue weighted by Gasteiger charge is 2.22. The maximum absolute atomic E-state index is 12.4. The van der Waals surface area contributed by atoms with E-state index in [9.17, 15) is 14.4 Å². The maximum atomic E-state index is 12.4. The van der Waals surface area contributed by atoms with E-state index in [-0.39, 0.29) is 29.0 Å². The van der Waals surface area contributed by atoms with Crippen LogP contribution in [0.5, 0.6) is 0 Å². The van der Waals surface area contributed by atoms with Gasteiger partial charge in [0.2, 0.25) is 11.6 Å². The number of aryl methyl sites for hydroxylation is 2. The van der Waals surface area contributed by atoms with Crippen molar-refractivity contribution in [3.63, 3.8) is 0 Å². The Morgan fingerprint density at radius 2 is 2.08 bits per heavy atom. The van der Waals surface area contributed by atoms with Crippen LogP contribution in [-0.2, 0) is 4.79 Å². The van der Waals surface area contributed by atoms with Crippen molar-refractivity contribution in [2.24, 2.45) is 0 Å². The Labute approximate surface area is 152 Å². The molecule has 3 rings (SSSR count). The van der Waals surface area contributed by atoms with E-state index in [1.54, 1.807) is 25.1 Å². The first-order valence-corrected chi connectivity index (χ1v) is 8.05. The maximum Gasteiger partial charge on any atom is 0.262 e. The molecule has 8 nitrogen and oxygen atoms in total. The second-order valence-electron chi connectivity index (χ2n) is 5.66. The molecule has 0 saturated heterocycles. The smallest absolute Gasteiger partial charge is 0.262 e. The molecule has 0 saturated carbocycles. The Bertz CT molecular complexity index is 1070. The standard InChI is InChI=1S/C17H15ClN4O4/c1-8-3-4-11(10(18)5-8)22-12(23)6-19-15(24)13-9(2)26-17-14(13)16(25)20-7-21-17/h3-5,7H,6H2,1-2H3,(H,19,24)(H,22,23)(H,20,21,25). The fourth-order valence-corrected chi connectivity index (χ4v) is 2.77. The van der Waals surface area contributed by atoms with Crippen molar-refractivity contribution in [2.75, 3.05) is 11.9 Å². The lowest BCUT2D eigenvalue weighted by Crippen LogP contribution is -2.33. The zero-order valence-electron chi connectivity index (χ0n) is 14.0. The van der Waals surface area contributed by atoms with E-state index in [1.807, 2.05) is 6.92 Å². The van der Waals surface area contributed by atoms with Crippen LogP contribution in [0.2, 0.25) is 5.02 Å². The van der Waals surface area contributed by atoms with E-state index in [0.29, 0.717) is 10.7 Å². The molecule has 134 valence electrons. The predicted molar refractivity (Wildman–Crippen MR) is 96.5 cm³/mol. The summed E-state index contributed by atoms with van der Waals surface area (Å²) in [5.74, 6) is -0.824. The Balaban J connectivity index is 1.72. The highest BCUT2D eigenvalue weighted by Crippen LogP contribution is 2.23. The van der Waals surface area contributed by atoms with Crippen LogP contribution in [0.3, 0.4) is 0 Å². The molecule has 26 heavy (non-hydrogen) atoms. The number of carbonyl (C=O) groups excluding carboxylic acids is 2. The number of fused-ring (bicyclic) bond motifs is 1. The lowest BCUT2D eigenvalue weighted by atomic mass is 10.2. The third kappa shape index (κ3) is 3.45. The van der Waals surface area contributed by atoms with Crippen LogP contribution in [-0.4, -0.2) is 28.3 Å². The molecule has 0 aliphatic rings. The molecule has 0 aliphatic carbocycles. The van der Waals surface area contributed by atoms with Crippen LogP contribution in [0.4, 0.5) is 5.69 Å². The molecule has 0 aliphatic heterocycles. The Morgan fingerprint density at radius 3 is 2.81 bits per heavy atom. The zero-order chi connectivity index (χ0) is 18.8. The van der Waals surface area contributed by atoms with Crippen molar-refractivity contribution in [2.45, 2.75) is 13.8 Å². The predicted octanol–water partition coefficient (Wildman–Crippen LogP) is 2.15. The third-order valence-electron chi connectivity index (χ3n) is 3.71. The lowest BCUT2D eigenvalue weighted by molar-refractivity contribution is -0.115. The summed E-state index contributed by atoms with van der Waals surface area (Å²) >= 11 is 6.06. The molecule has 3 N–H and O–H groups in total. The van der Waals surface area contributed by atoms with Crippen molar-refractivity contribution in [3.05, 3.63) is 56.8 Å². The molecule has 0 fully saturated rings. The Morgan fingerprint density at radius 1 is 1.31 bits per heavy atom. The van der Waals surface area contributed by atoms with Crippen LogP contribution >= 0.6 is 11.6 Å². The van der Waals surface area contributed by atoms with Crippen LogP contribution < -0.4 is 16.2 Å². The summed E-state index contributed by atoms with van der Waals surface area (Å²) in [7, 11) is 0. The largest absolute Gasteiger partial charge is 0.442 e. The SMILES string of the molecule is Cc1ccc(NC(=O)CNC(=O)c2c(C)oc3nc[nH]c(=O)c23)c(Cl)c1. The quantitative estimate of drug-likeness (QED) is 0.646. The first-order valence-electron chi connectivity index (χ1n) is 7.68. The molecular weight excluding hydrogens is 360 g/mol. The molecule has 0 atom stereocenters. The van der Waals surface area contributed by atoms with Gasteiger partial charge in [0, 0.05) is 0 Å². The van der Waals surface area contributed by atoms with Gasteiger partial charge in [-0.3, -0.25) is 14.4 Å². The summed E-state index contributed by atoms with van der Waals surface area (Å²) in [5.41, 5.74) is 1.03. The summed E-state index contributed by atoms with van der Waals surface area (Å²) < 4.78 is 5.32. The van der Waals surface area contributed by atoms with E-state index < -0.39 is 17.4 Å². The number of hydrogen-bond acceptors (Lipinski definition) is 5. The Hall–Kier alpha value is -3.13. The van der Waals surface area contributed by atoms with Crippen LogP contribution in [0.15, 0.2) is 33.7 Å². The van der Waals surface area contributed by atoms with E-state index in [4.69, 9.17) is 16.0 Å². The number of benzene rings is 1. The molecule has 3 aromatic rings. The molecule has 2 aromatic heterocycles. The molecule has 9 heteroatoms. The topological polar surface area (TPSA) is 117 Å². The number of carbonyl (C=O) groups is 2. The molecule has 0 unspecified atom stereocenters. The van der Waals surface area contributed by atoms with Crippen molar-refractivity contribution in [1.82, 2.24) is 15.3 Å². The number of aromatic amines is 1. The summed E-state index contributed by atoms with van der Waals surface area (Å²) in [6.07, 6.45) is 1.19. The number of nitrogens with one attached hydrogen (secondary N) is 3. The van der Waals surface area contributed by atoms with Crippen LogP contribution in [0, 0.1) is 13.8 Å². The summed E-state index contributed by atoms with van der Waals surface area (Å²) in [6, 6.07) is 5.20. The first-order chi connectivity index (χ1) is 12.4. The number of rotatable bonds is 4. The van der Waals surface area contributed by atoms with Crippen molar-refractivity contribution in [1.29, 1.82) is 0 Å². The highest BCUT2D eigenvalue weighted by molar-refractivity contribution is 6.33. The minimum Gasteiger partial charge on any atom is -0.442 e. The number of hydrogen-bond donors (Lipinski definition) is 3. The number of aromatic nitrogens is 2. The van der Waals surface area contributed by atoms with E-state index in [2.05, 4.69) is 20.6 Å². The molecule has 2 amide bonds. The van der Waals surface area contributed by atoms with Gasteiger partial charge in [-0.25, -0.2) is 4.98 Å². The van der Waals surface area contributed by atoms with Gasteiger partial charge in [0.1, 0.15) is 11.1 Å². The fraction of sp³-hybridized carbons (Fsp3) is 0.176. The molecule has 0 bridgehead atoms. The van der Waals surface area contributed by atoms with Gasteiger partial charge in [-0.1, -0.05) is 17.7 Å². The molecular formula is C17H15ClN4O4. The number of nitrogens with zero attached hydrogens (tertiary/aromatic N) is 1. The molecule has 0 spiro atoms. The van der Waals surface area contributed by atoms with E-state index in [1.165, 1.54) is 6.33 Å². The van der Waals surface area contributed by atoms with Gasteiger partial charge in [0.25, 0.3) is 11.5 Å². The second kappa shape index (κ2) is 7.01. The van der Waals surface area contributed by atoms with Crippen molar-refractivity contribution < 1.29 is 14.0 Å². The van der Waals surface area contributed by atoms with Gasteiger partial charge in [-0.05, 0) is 31.5 Å². The third-order valence-corrected chi connectivity index (χ3v) is 4.02. The molecule has 2 heterocycles. The number of H-pyrrole nitrogens is 1. The number of anilines is 1. The average molecular weight is 375 g/mol. The van der Waals surface area contributed by atoms with Crippen molar-refractivity contribution in [3.8, 4) is 0 Å². The van der Waals surface area contributed by atoms with E-state index in [0.717, 1.165) is 5.56 Å². The number of amides is 2. The number of furan rings is 1. The fourth-order valence-electron chi connectivity index (χ4n) is 2.49. The molecule has 0 radical (unpaired) electrons. The zero-order valence-corrected chi connectivity index (χ0v) is 14.7. The number of halogens is 1. The van der Waals surface area contributed by atoms with Gasteiger partial charge in [-0.15, -0.1) is 0 Å². The second-order valence-corrected chi connectivity index (χ2v) is 6.07. The monoisotopic (exact) mass is 374 g/mol. The van der Waals surface area contributed by atoms with Gasteiger partial charge in [-0.2, -0.15) is 0 Å². The van der Waals surface area contributed by atoms with Gasteiger partial charge in [0.05, 0.1) is 29.1 Å². The normalized spacial score (nSPS) is 10.7. The minimum absolute atomic E-state index is 0.0458. The van der Waals surface area contributed by atoms with Gasteiger partial charge < -0.3 is 20.0 Å². The van der Waals surface area contributed by atoms with Crippen molar-refractivity contribution >= 4 is 40.2 Å². The Kier molecular flexibility index (Phi) is 4.77. The average Bonchev–Trinajstić information content (AvgIpc) is 2.92. The van der Waals surface area contributed by atoms with Gasteiger partial charge in [0.15, 0.2) is 0 Å². The summed E-state index contributed by atoms with van der Waals surface area (Å²) in [4.78, 5) is 42.7.